The zero-order chi connectivity index (χ0) is 13.7. The molecule has 0 aliphatic carbocycles. The summed E-state index contributed by atoms with van der Waals surface area (Å²) in [6.07, 6.45) is 4.41. The van der Waals surface area contributed by atoms with E-state index in [9.17, 15) is 4.79 Å². The Morgan fingerprint density at radius 2 is 2.00 bits per heavy atom. The fraction of sp³-hybridized carbons (Fsp3) is 0.562. The number of carbonyl (C=O) groups is 1. The van der Waals surface area contributed by atoms with E-state index in [1.807, 2.05) is 0 Å². The molecule has 1 aliphatic rings. The molecule has 1 aliphatic heterocycles. The average Bonchev–Trinajstić information content (AvgIpc) is 2.87. The Kier molecular flexibility index (Phi) is 4.97. The van der Waals surface area contributed by atoms with Crippen LogP contribution in [0.4, 0.5) is 0 Å². The van der Waals surface area contributed by atoms with Gasteiger partial charge in [0.1, 0.15) is 0 Å². The van der Waals surface area contributed by atoms with E-state index in [1.54, 1.807) is 0 Å². The number of likely N-dealkylation sites (tertiary alicyclic amines) is 1. The Bertz CT molecular complexity index is 413. The molecule has 1 aromatic carbocycles. The number of aryl methyl sites for hydroxylation is 1. The quantitative estimate of drug-likeness (QED) is 0.856. The molecule has 0 spiro atoms. The van der Waals surface area contributed by atoms with Crippen molar-refractivity contribution in [2.45, 2.75) is 39.2 Å². The van der Waals surface area contributed by atoms with Crippen molar-refractivity contribution in [2.24, 2.45) is 5.92 Å². The van der Waals surface area contributed by atoms with E-state index in [1.165, 1.54) is 24.0 Å². The van der Waals surface area contributed by atoms with Crippen LogP contribution in [0, 0.1) is 5.92 Å². The Morgan fingerprint density at radius 1 is 1.32 bits per heavy atom. The van der Waals surface area contributed by atoms with Gasteiger partial charge in [0.2, 0.25) is 0 Å². The number of carboxylic acid groups (broad SMARTS) is 1. The van der Waals surface area contributed by atoms with Crippen molar-refractivity contribution >= 4 is 5.97 Å². The van der Waals surface area contributed by atoms with E-state index >= 15 is 0 Å². The van der Waals surface area contributed by atoms with Crippen molar-refractivity contribution < 1.29 is 9.90 Å². The lowest BCUT2D eigenvalue weighted by Gasteiger charge is -2.15. The van der Waals surface area contributed by atoms with Gasteiger partial charge < -0.3 is 5.11 Å². The molecule has 0 bridgehead atoms. The summed E-state index contributed by atoms with van der Waals surface area (Å²) < 4.78 is 0. The number of nitrogens with zero attached hydrogens (tertiary/aromatic N) is 1. The van der Waals surface area contributed by atoms with Crippen LogP contribution in [0.25, 0.3) is 0 Å². The van der Waals surface area contributed by atoms with Gasteiger partial charge >= 0.3 is 5.97 Å². The molecule has 104 valence electrons. The second-order valence-corrected chi connectivity index (χ2v) is 5.48. The van der Waals surface area contributed by atoms with Crippen LogP contribution in [0.2, 0.25) is 0 Å². The van der Waals surface area contributed by atoms with Gasteiger partial charge in [0.15, 0.2) is 0 Å². The predicted octanol–water partition coefficient (Wildman–Crippen LogP) is 2.94. The maximum atomic E-state index is 10.9. The molecule has 3 heteroatoms. The minimum atomic E-state index is -0.655. The number of aliphatic carboxylic acids is 1. The first kappa shape index (κ1) is 14.1. The number of unbranched alkanes of at least 4 members (excludes halogenated alkanes) is 1. The molecule has 0 amide bonds. The Hall–Kier alpha value is -1.35. The molecule has 1 aromatic rings. The van der Waals surface area contributed by atoms with Gasteiger partial charge in [-0.15, -0.1) is 0 Å². The first-order valence-corrected chi connectivity index (χ1v) is 7.22. The van der Waals surface area contributed by atoms with Crippen molar-refractivity contribution in [1.82, 2.24) is 4.90 Å². The molecule has 1 fully saturated rings. The van der Waals surface area contributed by atoms with Gasteiger partial charge in [0.05, 0.1) is 5.92 Å². The first-order valence-electron chi connectivity index (χ1n) is 7.22. The molecular formula is C16H23NO2. The Balaban J connectivity index is 1.85. The minimum absolute atomic E-state index is 0.177. The zero-order valence-corrected chi connectivity index (χ0v) is 11.6. The van der Waals surface area contributed by atoms with E-state index in [4.69, 9.17) is 5.11 Å². The van der Waals surface area contributed by atoms with E-state index in [-0.39, 0.29) is 5.92 Å². The van der Waals surface area contributed by atoms with Crippen molar-refractivity contribution in [2.75, 3.05) is 13.1 Å². The monoisotopic (exact) mass is 261 g/mol. The Morgan fingerprint density at radius 3 is 2.58 bits per heavy atom. The fourth-order valence-corrected chi connectivity index (χ4v) is 2.63. The molecule has 3 nitrogen and oxygen atoms in total. The summed E-state index contributed by atoms with van der Waals surface area (Å²) in [7, 11) is 0. The van der Waals surface area contributed by atoms with Crippen LogP contribution in [0.15, 0.2) is 24.3 Å². The maximum Gasteiger partial charge on any atom is 0.307 e. The highest BCUT2D eigenvalue weighted by Crippen LogP contribution is 2.19. The minimum Gasteiger partial charge on any atom is -0.481 e. The molecule has 1 unspecified atom stereocenters. The molecule has 1 saturated heterocycles. The first-order chi connectivity index (χ1) is 9.19. The summed E-state index contributed by atoms with van der Waals surface area (Å²) in [6, 6.07) is 8.77. The highest BCUT2D eigenvalue weighted by Gasteiger charge is 2.27. The van der Waals surface area contributed by atoms with Crippen LogP contribution < -0.4 is 0 Å². The van der Waals surface area contributed by atoms with Crippen LogP contribution in [0.5, 0.6) is 0 Å². The molecule has 0 radical (unpaired) electrons. The smallest absolute Gasteiger partial charge is 0.307 e. The van der Waals surface area contributed by atoms with Crippen LogP contribution in [-0.4, -0.2) is 29.1 Å². The molecule has 0 saturated carbocycles. The number of rotatable bonds is 6. The van der Waals surface area contributed by atoms with Crippen molar-refractivity contribution in [3.8, 4) is 0 Å². The lowest BCUT2D eigenvalue weighted by Crippen LogP contribution is -2.22. The second-order valence-electron chi connectivity index (χ2n) is 5.48. The van der Waals surface area contributed by atoms with Crippen molar-refractivity contribution in [3.05, 3.63) is 35.4 Å². The molecule has 1 heterocycles. The van der Waals surface area contributed by atoms with Gasteiger partial charge in [-0.1, -0.05) is 37.6 Å². The van der Waals surface area contributed by atoms with Gasteiger partial charge in [-0.2, -0.15) is 0 Å². The molecule has 1 atom stereocenters. The number of hydrogen-bond acceptors (Lipinski definition) is 2. The standard InChI is InChI=1S/C16H23NO2/c1-2-3-4-13-5-7-14(8-6-13)11-17-10-9-15(12-17)16(18)19/h5-8,15H,2-4,9-12H2,1H3,(H,18,19). The van der Waals surface area contributed by atoms with Gasteiger partial charge in [-0.25, -0.2) is 0 Å². The molecule has 1 N–H and O–H groups in total. The normalized spacial score (nSPS) is 19.7. The lowest BCUT2D eigenvalue weighted by molar-refractivity contribution is -0.141. The molecule has 19 heavy (non-hydrogen) atoms. The third-order valence-electron chi connectivity index (χ3n) is 3.87. The molecular weight excluding hydrogens is 238 g/mol. The zero-order valence-electron chi connectivity index (χ0n) is 11.6. The van der Waals surface area contributed by atoms with E-state index in [2.05, 4.69) is 36.1 Å². The van der Waals surface area contributed by atoms with Gasteiger partial charge in [-0.05, 0) is 36.9 Å². The number of hydrogen-bond donors (Lipinski definition) is 1. The fourth-order valence-electron chi connectivity index (χ4n) is 2.63. The van der Waals surface area contributed by atoms with Gasteiger partial charge in [-0.3, -0.25) is 9.69 Å². The van der Waals surface area contributed by atoms with E-state index in [0.717, 1.165) is 25.9 Å². The van der Waals surface area contributed by atoms with Crippen LogP contribution >= 0.6 is 0 Å². The third-order valence-corrected chi connectivity index (χ3v) is 3.87. The maximum absolute atomic E-state index is 10.9. The summed E-state index contributed by atoms with van der Waals surface area (Å²) in [5.41, 5.74) is 2.68. The summed E-state index contributed by atoms with van der Waals surface area (Å²) in [4.78, 5) is 13.2. The van der Waals surface area contributed by atoms with Gasteiger partial charge in [0, 0.05) is 13.1 Å². The lowest BCUT2D eigenvalue weighted by atomic mass is 10.1. The molecule has 2 rings (SSSR count). The van der Waals surface area contributed by atoms with E-state index in [0.29, 0.717) is 6.54 Å². The average molecular weight is 261 g/mol. The largest absolute Gasteiger partial charge is 0.481 e. The van der Waals surface area contributed by atoms with E-state index < -0.39 is 5.97 Å². The third kappa shape index (κ3) is 4.06. The number of carboxylic acids is 1. The number of benzene rings is 1. The van der Waals surface area contributed by atoms with Gasteiger partial charge in [0.25, 0.3) is 0 Å². The Labute approximate surface area is 115 Å². The topological polar surface area (TPSA) is 40.5 Å². The summed E-state index contributed by atoms with van der Waals surface area (Å²) >= 11 is 0. The van der Waals surface area contributed by atoms with Crippen molar-refractivity contribution in [3.63, 3.8) is 0 Å². The SMILES string of the molecule is CCCCc1ccc(CN2CCC(C(=O)O)C2)cc1. The summed E-state index contributed by atoms with van der Waals surface area (Å²) in [5, 5.41) is 8.99. The summed E-state index contributed by atoms with van der Waals surface area (Å²) in [5.74, 6) is -0.832. The molecule has 0 aromatic heterocycles. The van der Waals surface area contributed by atoms with Crippen LogP contribution in [-0.2, 0) is 17.8 Å². The van der Waals surface area contributed by atoms with Crippen molar-refractivity contribution in [1.29, 1.82) is 0 Å². The summed E-state index contributed by atoms with van der Waals surface area (Å²) in [6.45, 7) is 4.67. The van der Waals surface area contributed by atoms with Crippen LogP contribution in [0.1, 0.15) is 37.3 Å². The second kappa shape index (κ2) is 6.71. The predicted molar refractivity (Wildman–Crippen MR) is 76.1 cm³/mol. The highest BCUT2D eigenvalue weighted by molar-refractivity contribution is 5.70. The highest BCUT2D eigenvalue weighted by atomic mass is 16.4. The van der Waals surface area contributed by atoms with Crippen LogP contribution in [0.3, 0.4) is 0 Å².